The minimum absolute atomic E-state index is 0.258. The number of nitrogens with zero attached hydrogens (tertiary/aromatic N) is 2. The Kier molecular flexibility index (Phi) is 3.91. The third-order valence-electron chi connectivity index (χ3n) is 3.66. The number of esters is 1. The summed E-state index contributed by atoms with van der Waals surface area (Å²) in [7, 11) is 1.85. The van der Waals surface area contributed by atoms with E-state index >= 15 is 0 Å². The summed E-state index contributed by atoms with van der Waals surface area (Å²) in [6.45, 7) is 0.486. The SMILES string of the molecule is Cn1cc(CCNC(=O)[C@H]2Cc3ccccc3C(=O)O2)cn1. The van der Waals surface area contributed by atoms with E-state index in [0.29, 0.717) is 24.9 Å². The highest BCUT2D eigenvalue weighted by Crippen LogP contribution is 2.20. The summed E-state index contributed by atoms with van der Waals surface area (Å²) in [5.41, 5.74) is 2.45. The highest BCUT2D eigenvalue weighted by molar-refractivity contribution is 5.95. The van der Waals surface area contributed by atoms with Crippen LogP contribution in [0.2, 0.25) is 0 Å². The molecule has 2 heterocycles. The fourth-order valence-electron chi connectivity index (χ4n) is 2.52. The average molecular weight is 299 g/mol. The van der Waals surface area contributed by atoms with Gasteiger partial charge in [-0.1, -0.05) is 18.2 Å². The molecule has 1 N–H and O–H groups in total. The molecule has 0 radical (unpaired) electrons. The van der Waals surface area contributed by atoms with E-state index in [2.05, 4.69) is 10.4 Å². The first kappa shape index (κ1) is 14.3. The van der Waals surface area contributed by atoms with Gasteiger partial charge in [0.2, 0.25) is 0 Å². The maximum atomic E-state index is 12.1. The van der Waals surface area contributed by atoms with Gasteiger partial charge in [0.25, 0.3) is 5.91 Å². The van der Waals surface area contributed by atoms with Crippen LogP contribution in [0.25, 0.3) is 0 Å². The molecule has 0 fully saturated rings. The number of aryl methyl sites for hydroxylation is 1. The second-order valence-electron chi connectivity index (χ2n) is 5.32. The minimum atomic E-state index is -0.753. The fraction of sp³-hybridized carbons (Fsp3) is 0.312. The van der Waals surface area contributed by atoms with Crippen LogP contribution in [-0.2, 0) is 29.4 Å². The van der Waals surface area contributed by atoms with Crippen LogP contribution in [0.1, 0.15) is 21.5 Å². The van der Waals surface area contributed by atoms with Gasteiger partial charge in [0, 0.05) is 26.2 Å². The fourth-order valence-corrected chi connectivity index (χ4v) is 2.52. The van der Waals surface area contributed by atoms with E-state index in [0.717, 1.165) is 11.1 Å². The molecule has 1 amide bonds. The quantitative estimate of drug-likeness (QED) is 0.850. The molecule has 0 saturated heterocycles. The molecule has 6 nitrogen and oxygen atoms in total. The Hall–Kier alpha value is -2.63. The van der Waals surface area contributed by atoms with Crippen LogP contribution >= 0.6 is 0 Å². The molecular formula is C16H17N3O3. The number of fused-ring (bicyclic) bond motifs is 1. The van der Waals surface area contributed by atoms with Crippen molar-refractivity contribution in [3.05, 3.63) is 53.3 Å². The molecule has 1 atom stereocenters. The van der Waals surface area contributed by atoms with Gasteiger partial charge < -0.3 is 10.1 Å². The molecule has 22 heavy (non-hydrogen) atoms. The van der Waals surface area contributed by atoms with E-state index in [1.165, 1.54) is 0 Å². The van der Waals surface area contributed by atoms with Gasteiger partial charge in [0.1, 0.15) is 0 Å². The van der Waals surface area contributed by atoms with Gasteiger partial charge in [-0.15, -0.1) is 0 Å². The number of carbonyl (C=O) groups excluding carboxylic acids is 2. The van der Waals surface area contributed by atoms with Crippen LogP contribution < -0.4 is 5.32 Å². The first-order valence-corrected chi connectivity index (χ1v) is 7.17. The van der Waals surface area contributed by atoms with Crippen LogP contribution in [0.15, 0.2) is 36.7 Å². The lowest BCUT2D eigenvalue weighted by Gasteiger charge is -2.23. The molecule has 1 aliphatic rings. The van der Waals surface area contributed by atoms with Crippen molar-refractivity contribution in [3.63, 3.8) is 0 Å². The normalized spacial score (nSPS) is 16.8. The molecule has 0 spiro atoms. The number of hydrogen-bond acceptors (Lipinski definition) is 4. The Morgan fingerprint density at radius 2 is 2.27 bits per heavy atom. The molecule has 0 saturated carbocycles. The monoisotopic (exact) mass is 299 g/mol. The van der Waals surface area contributed by atoms with E-state index < -0.39 is 12.1 Å². The van der Waals surface area contributed by atoms with Crippen molar-refractivity contribution >= 4 is 11.9 Å². The molecule has 1 aromatic carbocycles. The number of ether oxygens (including phenoxy) is 1. The Morgan fingerprint density at radius 1 is 1.45 bits per heavy atom. The first-order valence-electron chi connectivity index (χ1n) is 7.17. The third kappa shape index (κ3) is 3.00. The Morgan fingerprint density at radius 3 is 3.05 bits per heavy atom. The van der Waals surface area contributed by atoms with E-state index in [9.17, 15) is 9.59 Å². The maximum Gasteiger partial charge on any atom is 0.339 e. The van der Waals surface area contributed by atoms with Gasteiger partial charge in [0.05, 0.1) is 11.8 Å². The zero-order chi connectivity index (χ0) is 15.5. The number of amides is 1. The number of cyclic esters (lactones) is 1. The first-order chi connectivity index (χ1) is 10.6. The molecule has 1 aliphatic heterocycles. The number of aromatic nitrogens is 2. The Balaban J connectivity index is 1.56. The zero-order valence-corrected chi connectivity index (χ0v) is 12.3. The topological polar surface area (TPSA) is 73.2 Å². The third-order valence-corrected chi connectivity index (χ3v) is 3.66. The summed E-state index contributed by atoms with van der Waals surface area (Å²) in [6, 6.07) is 7.21. The lowest BCUT2D eigenvalue weighted by molar-refractivity contribution is -0.130. The Labute approximate surface area is 128 Å². The van der Waals surface area contributed by atoms with Gasteiger partial charge >= 0.3 is 5.97 Å². The number of nitrogens with one attached hydrogen (secondary N) is 1. The van der Waals surface area contributed by atoms with E-state index in [1.807, 2.05) is 25.4 Å². The van der Waals surface area contributed by atoms with Crippen molar-refractivity contribution in [2.45, 2.75) is 18.9 Å². The second-order valence-corrected chi connectivity index (χ2v) is 5.32. The maximum absolute atomic E-state index is 12.1. The van der Waals surface area contributed by atoms with Crippen LogP contribution in [0.4, 0.5) is 0 Å². The summed E-state index contributed by atoms with van der Waals surface area (Å²) in [4.78, 5) is 24.0. The van der Waals surface area contributed by atoms with Gasteiger partial charge in [-0.3, -0.25) is 9.48 Å². The number of carbonyl (C=O) groups is 2. The highest BCUT2D eigenvalue weighted by Gasteiger charge is 2.30. The molecule has 114 valence electrons. The Bertz CT molecular complexity index is 708. The molecule has 6 heteroatoms. The standard InChI is InChI=1S/C16H17N3O3/c1-19-10-11(9-18-19)6-7-17-15(20)14-8-12-4-2-3-5-13(12)16(21)22-14/h2-5,9-10,14H,6-8H2,1H3,(H,17,20)/t14-/m1/s1. The van der Waals surface area contributed by atoms with Crippen molar-refractivity contribution in [2.75, 3.05) is 6.54 Å². The summed E-state index contributed by atoms with van der Waals surface area (Å²) < 4.78 is 6.93. The lowest BCUT2D eigenvalue weighted by Crippen LogP contribution is -2.42. The number of benzene rings is 1. The summed E-state index contributed by atoms with van der Waals surface area (Å²) in [5.74, 6) is -0.694. The van der Waals surface area contributed by atoms with Crippen LogP contribution in [0, 0.1) is 0 Å². The highest BCUT2D eigenvalue weighted by atomic mass is 16.5. The van der Waals surface area contributed by atoms with Gasteiger partial charge in [-0.2, -0.15) is 5.10 Å². The predicted octanol–water partition coefficient (Wildman–Crippen LogP) is 0.860. The van der Waals surface area contributed by atoms with Crippen molar-refractivity contribution in [3.8, 4) is 0 Å². The van der Waals surface area contributed by atoms with Crippen LogP contribution in [0.3, 0.4) is 0 Å². The average Bonchev–Trinajstić information content (AvgIpc) is 2.92. The van der Waals surface area contributed by atoms with Crippen molar-refractivity contribution in [1.29, 1.82) is 0 Å². The largest absolute Gasteiger partial charge is 0.448 e. The predicted molar refractivity (Wildman–Crippen MR) is 79.3 cm³/mol. The summed E-state index contributed by atoms with van der Waals surface area (Å²) >= 11 is 0. The van der Waals surface area contributed by atoms with Gasteiger partial charge in [-0.05, 0) is 23.6 Å². The smallest absolute Gasteiger partial charge is 0.339 e. The second kappa shape index (κ2) is 6.01. The van der Waals surface area contributed by atoms with Crippen molar-refractivity contribution < 1.29 is 14.3 Å². The van der Waals surface area contributed by atoms with Crippen LogP contribution in [0.5, 0.6) is 0 Å². The summed E-state index contributed by atoms with van der Waals surface area (Å²) in [6.07, 6.45) is 4.03. The van der Waals surface area contributed by atoms with Crippen molar-refractivity contribution in [1.82, 2.24) is 15.1 Å². The number of hydrogen-bond donors (Lipinski definition) is 1. The zero-order valence-electron chi connectivity index (χ0n) is 12.3. The molecular weight excluding hydrogens is 282 g/mol. The lowest BCUT2D eigenvalue weighted by atomic mass is 9.98. The molecule has 2 aromatic rings. The molecule has 0 aliphatic carbocycles. The molecule has 0 unspecified atom stereocenters. The van der Waals surface area contributed by atoms with Gasteiger partial charge in [0.15, 0.2) is 6.10 Å². The molecule has 0 bridgehead atoms. The van der Waals surface area contributed by atoms with E-state index in [4.69, 9.17) is 4.74 Å². The molecule has 3 rings (SSSR count). The van der Waals surface area contributed by atoms with E-state index in [-0.39, 0.29) is 5.91 Å². The summed E-state index contributed by atoms with van der Waals surface area (Å²) in [5, 5.41) is 6.88. The van der Waals surface area contributed by atoms with E-state index in [1.54, 1.807) is 23.0 Å². The minimum Gasteiger partial charge on any atom is -0.448 e. The molecule has 1 aromatic heterocycles. The van der Waals surface area contributed by atoms with Crippen molar-refractivity contribution in [2.24, 2.45) is 7.05 Å². The van der Waals surface area contributed by atoms with Gasteiger partial charge in [-0.25, -0.2) is 4.79 Å². The number of rotatable bonds is 4. The van der Waals surface area contributed by atoms with Crippen LogP contribution in [-0.4, -0.2) is 34.3 Å².